The molecule has 5 rings (SSSR count). The zero-order valence-electron chi connectivity index (χ0n) is 20.6. The molecule has 3 aromatic rings. The molecule has 2 heterocycles. The van der Waals surface area contributed by atoms with Crippen LogP contribution in [0.4, 0.5) is 5.69 Å². The molecule has 3 aromatic carbocycles. The highest BCUT2D eigenvalue weighted by molar-refractivity contribution is 7.92. The Morgan fingerprint density at radius 2 is 1.54 bits per heavy atom. The molecule has 0 bridgehead atoms. The van der Waals surface area contributed by atoms with Crippen LogP contribution in [0.2, 0.25) is 0 Å². The number of nitrogens with zero attached hydrogens (tertiary/aromatic N) is 2. The lowest BCUT2D eigenvalue weighted by molar-refractivity contribution is -0.119. The van der Waals surface area contributed by atoms with Gasteiger partial charge in [-0.2, -0.15) is 0 Å². The second kappa shape index (κ2) is 11.2. The SMILES string of the molecule is O=C(CN(c1ccc2c(c1)OCCO2)S(=O)(=O)c1ccccc1)NCc1ccc(CN2CCCC2)cc1. The molecule has 1 N–H and O–H groups in total. The third kappa shape index (κ3) is 6.06. The van der Waals surface area contributed by atoms with E-state index in [1.165, 1.54) is 30.5 Å². The summed E-state index contributed by atoms with van der Waals surface area (Å²) in [7, 11) is -4.00. The van der Waals surface area contributed by atoms with Crippen molar-refractivity contribution in [1.29, 1.82) is 0 Å². The van der Waals surface area contributed by atoms with Crippen molar-refractivity contribution in [1.82, 2.24) is 10.2 Å². The van der Waals surface area contributed by atoms with Crippen LogP contribution >= 0.6 is 0 Å². The number of hydrogen-bond donors (Lipinski definition) is 1. The van der Waals surface area contributed by atoms with Gasteiger partial charge in [-0.1, -0.05) is 42.5 Å². The maximum atomic E-state index is 13.6. The maximum absolute atomic E-state index is 13.6. The standard InChI is InChI=1S/C28H31N3O5S/c32-28(29-19-22-8-10-23(11-9-22)20-30-14-4-5-15-30)21-31(37(33,34)25-6-2-1-3-7-25)24-12-13-26-27(18-24)36-17-16-35-26/h1-3,6-13,18H,4-5,14-17,19-21H2,(H,29,32). The van der Waals surface area contributed by atoms with Crippen LogP contribution in [-0.2, 0) is 27.9 Å². The number of sulfonamides is 1. The van der Waals surface area contributed by atoms with Crippen molar-refractivity contribution in [3.05, 3.63) is 83.9 Å². The van der Waals surface area contributed by atoms with E-state index in [-0.39, 0.29) is 11.4 Å². The summed E-state index contributed by atoms with van der Waals surface area (Å²) < 4.78 is 39.4. The van der Waals surface area contributed by atoms with Crippen molar-refractivity contribution < 1.29 is 22.7 Å². The number of benzene rings is 3. The van der Waals surface area contributed by atoms with E-state index < -0.39 is 15.9 Å². The average Bonchev–Trinajstić information content (AvgIpc) is 3.44. The Bertz CT molecular complexity index is 1320. The van der Waals surface area contributed by atoms with Crippen LogP contribution in [0.1, 0.15) is 24.0 Å². The zero-order valence-corrected chi connectivity index (χ0v) is 21.5. The molecule has 194 valence electrons. The van der Waals surface area contributed by atoms with Crippen molar-refractivity contribution >= 4 is 21.6 Å². The molecule has 1 amide bonds. The van der Waals surface area contributed by atoms with E-state index in [4.69, 9.17) is 9.47 Å². The van der Waals surface area contributed by atoms with Crippen LogP contribution in [0.5, 0.6) is 11.5 Å². The molecule has 0 aromatic heterocycles. The monoisotopic (exact) mass is 521 g/mol. The number of hydrogen-bond acceptors (Lipinski definition) is 6. The molecular weight excluding hydrogens is 490 g/mol. The summed E-state index contributed by atoms with van der Waals surface area (Å²) in [6.07, 6.45) is 2.51. The number of likely N-dealkylation sites (tertiary alicyclic amines) is 1. The fourth-order valence-electron chi connectivity index (χ4n) is 4.57. The molecule has 2 aliphatic heterocycles. The molecule has 37 heavy (non-hydrogen) atoms. The van der Waals surface area contributed by atoms with Gasteiger partial charge in [0, 0.05) is 19.2 Å². The van der Waals surface area contributed by atoms with Crippen molar-refractivity contribution in [3.8, 4) is 11.5 Å². The lowest BCUT2D eigenvalue weighted by Gasteiger charge is -2.26. The third-order valence-electron chi connectivity index (χ3n) is 6.55. The van der Waals surface area contributed by atoms with Gasteiger partial charge in [0.25, 0.3) is 10.0 Å². The summed E-state index contributed by atoms with van der Waals surface area (Å²) in [5.41, 5.74) is 2.53. The average molecular weight is 522 g/mol. The van der Waals surface area contributed by atoms with E-state index in [0.717, 1.165) is 29.5 Å². The van der Waals surface area contributed by atoms with Crippen molar-refractivity contribution in [2.24, 2.45) is 0 Å². The smallest absolute Gasteiger partial charge is 0.264 e. The molecule has 0 saturated carbocycles. The minimum Gasteiger partial charge on any atom is -0.486 e. The molecular formula is C28H31N3O5S. The van der Waals surface area contributed by atoms with Crippen LogP contribution in [0.3, 0.4) is 0 Å². The number of rotatable bonds is 9. The summed E-state index contributed by atoms with van der Waals surface area (Å²) in [6, 6.07) is 21.2. The van der Waals surface area contributed by atoms with E-state index in [9.17, 15) is 13.2 Å². The van der Waals surface area contributed by atoms with Crippen molar-refractivity contribution in [2.45, 2.75) is 30.8 Å². The molecule has 0 radical (unpaired) electrons. The van der Waals surface area contributed by atoms with E-state index in [2.05, 4.69) is 22.3 Å². The predicted molar refractivity (Wildman–Crippen MR) is 141 cm³/mol. The molecule has 0 aliphatic carbocycles. The van der Waals surface area contributed by atoms with Gasteiger partial charge in [0.1, 0.15) is 19.8 Å². The molecule has 0 unspecified atom stereocenters. The number of fused-ring (bicyclic) bond motifs is 1. The second-order valence-corrected chi connectivity index (χ2v) is 11.1. The molecule has 9 heteroatoms. The van der Waals surface area contributed by atoms with Crippen molar-refractivity contribution in [3.63, 3.8) is 0 Å². The Hall–Kier alpha value is -3.56. The van der Waals surface area contributed by atoms with Crippen LogP contribution in [0.15, 0.2) is 77.7 Å². The lowest BCUT2D eigenvalue weighted by Crippen LogP contribution is -2.40. The van der Waals surface area contributed by atoms with Gasteiger partial charge in [-0.3, -0.25) is 14.0 Å². The molecule has 1 saturated heterocycles. The summed E-state index contributed by atoms with van der Waals surface area (Å²) >= 11 is 0. The van der Waals surface area contributed by atoms with Crippen LogP contribution < -0.4 is 19.1 Å². The van der Waals surface area contributed by atoms with Gasteiger partial charge >= 0.3 is 0 Å². The minimum absolute atomic E-state index is 0.103. The Morgan fingerprint density at radius 1 is 0.865 bits per heavy atom. The quantitative estimate of drug-likeness (QED) is 0.463. The molecule has 2 aliphatic rings. The predicted octanol–water partition coefficient (Wildman–Crippen LogP) is 3.57. The van der Waals surface area contributed by atoms with Crippen LogP contribution in [0.25, 0.3) is 0 Å². The number of carbonyl (C=O) groups is 1. The fourth-order valence-corrected chi connectivity index (χ4v) is 6.00. The molecule has 0 atom stereocenters. The topological polar surface area (TPSA) is 88.2 Å². The highest BCUT2D eigenvalue weighted by Crippen LogP contribution is 2.35. The largest absolute Gasteiger partial charge is 0.486 e. The number of carbonyl (C=O) groups excluding carboxylic acids is 1. The summed E-state index contributed by atoms with van der Waals surface area (Å²) in [5, 5.41) is 2.87. The van der Waals surface area contributed by atoms with Gasteiger partial charge < -0.3 is 14.8 Å². The van der Waals surface area contributed by atoms with E-state index >= 15 is 0 Å². The maximum Gasteiger partial charge on any atom is 0.264 e. The minimum atomic E-state index is -4.00. The first-order valence-corrected chi connectivity index (χ1v) is 14.0. The Morgan fingerprint density at radius 3 is 2.27 bits per heavy atom. The first-order valence-electron chi connectivity index (χ1n) is 12.5. The van der Waals surface area contributed by atoms with Gasteiger partial charge in [0.05, 0.1) is 10.6 Å². The fraction of sp³-hybridized carbons (Fsp3) is 0.321. The Kier molecular flexibility index (Phi) is 7.62. The van der Waals surface area contributed by atoms with E-state index in [0.29, 0.717) is 36.9 Å². The number of nitrogens with one attached hydrogen (secondary N) is 1. The van der Waals surface area contributed by atoms with Gasteiger partial charge in [-0.05, 0) is 61.3 Å². The highest BCUT2D eigenvalue weighted by Gasteiger charge is 2.28. The molecule has 8 nitrogen and oxygen atoms in total. The third-order valence-corrected chi connectivity index (χ3v) is 8.34. The van der Waals surface area contributed by atoms with E-state index in [1.54, 1.807) is 36.4 Å². The Balaban J connectivity index is 1.29. The van der Waals surface area contributed by atoms with Crippen LogP contribution in [-0.4, -0.2) is 52.1 Å². The Labute approximate surface area is 217 Å². The lowest BCUT2D eigenvalue weighted by atomic mass is 10.1. The van der Waals surface area contributed by atoms with Gasteiger partial charge in [0.2, 0.25) is 5.91 Å². The molecule has 1 fully saturated rings. The second-order valence-electron chi connectivity index (χ2n) is 9.23. The zero-order chi connectivity index (χ0) is 25.7. The van der Waals surface area contributed by atoms with Gasteiger partial charge in [-0.25, -0.2) is 8.42 Å². The summed E-state index contributed by atoms with van der Waals surface area (Å²) in [5.74, 6) is 0.590. The summed E-state index contributed by atoms with van der Waals surface area (Å²) in [4.78, 5) is 15.5. The number of amides is 1. The molecule has 0 spiro atoms. The highest BCUT2D eigenvalue weighted by atomic mass is 32.2. The normalized spacial score (nSPS) is 15.4. The van der Waals surface area contributed by atoms with Crippen molar-refractivity contribution in [2.75, 3.05) is 37.2 Å². The first kappa shape index (κ1) is 25.1. The first-order chi connectivity index (χ1) is 18.0. The van der Waals surface area contributed by atoms with E-state index in [1.807, 2.05) is 12.1 Å². The van der Waals surface area contributed by atoms with Crippen LogP contribution in [0, 0.1) is 0 Å². The number of anilines is 1. The number of ether oxygens (including phenoxy) is 2. The van der Waals surface area contributed by atoms with Gasteiger partial charge in [-0.15, -0.1) is 0 Å². The van der Waals surface area contributed by atoms with Gasteiger partial charge in [0.15, 0.2) is 11.5 Å². The summed E-state index contributed by atoms with van der Waals surface area (Å²) in [6.45, 7) is 3.97.